The number of benzene rings is 1. The van der Waals surface area contributed by atoms with Crippen molar-refractivity contribution in [2.75, 3.05) is 33.4 Å². The van der Waals surface area contributed by atoms with E-state index in [0.717, 1.165) is 37.2 Å². The van der Waals surface area contributed by atoms with Crippen LogP contribution in [0, 0.1) is 11.2 Å². The lowest BCUT2D eigenvalue weighted by molar-refractivity contribution is 0.0511. The Balaban J connectivity index is 1.73. The Kier molecular flexibility index (Phi) is 5.45. The van der Waals surface area contributed by atoms with Crippen LogP contribution >= 0.6 is 0 Å². The van der Waals surface area contributed by atoms with Crippen LogP contribution in [0.25, 0.3) is 11.3 Å². The van der Waals surface area contributed by atoms with Gasteiger partial charge >= 0.3 is 0 Å². The van der Waals surface area contributed by atoms with E-state index in [2.05, 4.69) is 20.8 Å². The maximum atomic E-state index is 14.1. The van der Waals surface area contributed by atoms with Gasteiger partial charge in [-0.2, -0.15) is 5.10 Å². The van der Waals surface area contributed by atoms with Gasteiger partial charge in [0.05, 0.1) is 17.9 Å². The molecule has 134 valence electrons. The average molecular weight is 346 g/mol. The smallest absolute Gasteiger partial charge is 0.254 e. The minimum Gasteiger partial charge on any atom is -0.384 e. The fraction of sp³-hybridized carbons (Fsp3) is 0.444. The second kappa shape index (κ2) is 7.76. The summed E-state index contributed by atoms with van der Waals surface area (Å²) in [5, 5.41) is 12.9. The van der Waals surface area contributed by atoms with Gasteiger partial charge in [-0.15, -0.1) is 0 Å². The predicted octanol–water partition coefficient (Wildman–Crippen LogP) is 1.96. The summed E-state index contributed by atoms with van der Waals surface area (Å²) in [4.78, 5) is 12.5. The highest BCUT2D eigenvalue weighted by atomic mass is 19.1. The zero-order valence-corrected chi connectivity index (χ0v) is 14.3. The maximum absolute atomic E-state index is 14.1. The van der Waals surface area contributed by atoms with Gasteiger partial charge in [0.1, 0.15) is 5.82 Å². The summed E-state index contributed by atoms with van der Waals surface area (Å²) >= 11 is 0. The van der Waals surface area contributed by atoms with E-state index >= 15 is 0 Å². The van der Waals surface area contributed by atoms with Crippen molar-refractivity contribution >= 4 is 5.91 Å². The molecule has 7 heteroatoms. The van der Waals surface area contributed by atoms with Gasteiger partial charge in [-0.1, -0.05) is 0 Å². The third kappa shape index (κ3) is 4.05. The number of methoxy groups -OCH3 is 1. The van der Waals surface area contributed by atoms with Crippen molar-refractivity contribution in [1.29, 1.82) is 0 Å². The summed E-state index contributed by atoms with van der Waals surface area (Å²) in [5.74, 6) is -0.945. The number of hydrogen-bond acceptors (Lipinski definition) is 4. The van der Waals surface area contributed by atoms with Gasteiger partial charge in [-0.3, -0.25) is 9.89 Å². The Labute approximate surface area is 146 Å². The fourth-order valence-corrected chi connectivity index (χ4v) is 3.28. The second-order valence-electron chi connectivity index (χ2n) is 6.53. The number of hydrogen-bond donors (Lipinski definition) is 3. The van der Waals surface area contributed by atoms with E-state index in [9.17, 15) is 9.18 Å². The largest absolute Gasteiger partial charge is 0.384 e. The molecule has 0 atom stereocenters. The Hall–Kier alpha value is -2.25. The first-order chi connectivity index (χ1) is 12.1. The van der Waals surface area contributed by atoms with Crippen LogP contribution in [0.1, 0.15) is 23.2 Å². The molecule has 1 aromatic heterocycles. The number of ether oxygens (including phenoxy) is 1. The SMILES string of the molecule is COCC1(CNC(=O)c2cc(-c3ccn[nH]3)ccc2F)CCNCC1. The van der Waals surface area contributed by atoms with Gasteiger partial charge in [-0.05, 0) is 50.2 Å². The minimum absolute atomic E-state index is 0.0357. The van der Waals surface area contributed by atoms with Gasteiger partial charge < -0.3 is 15.4 Å². The summed E-state index contributed by atoms with van der Waals surface area (Å²) in [6.07, 6.45) is 3.44. The summed E-state index contributed by atoms with van der Waals surface area (Å²) in [5.41, 5.74) is 1.39. The lowest BCUT2D eigenvalue weighted by Crippen LogP contribution is -2.47. The molecule has 3 rings (SSSR count). The van der Waals surface area contributed by atoms with Crippen molar-refractivity contribution < 1.29 is 13.9 Å². The number of aromatic nitrogens is 2. The average Bonchev–Trinajstić information content (AvgIpc) is 3.16. The molecule has 0 aliphatic carbocycles. The molecule has 2 heterocycles. The van der Waals surface area contributed by atoms with Crippen LogP contribution in [0.15, 0.2) is 30.5 Å². The first-order valence-corrected chi connectivity index (χ1v) is 8.41. The van der Waals surface area contributed by atoms with E-state index in [1.54, 1.807) is 31.5 Å². The number of carbonyl (C=O) groups excluding carboxylic acids is 1. The molecular weight excluding hydrogens is 323 g/mol. The van der Waals surface area contributed by atoms with Gasteiger partial charge in [0, 0.05) is 30.8 Å². The summed E-state index contributed by atoms with van der Waals surface area (Å²) in [6, 6.07) is 6.25. The van der Waals surface area contributed by atoms with Gasteiger partial charge in [0.2, 0.25) is 0 Å². The first-order valence-electron chi connectivity index (χ1n) is 8.41. The van der Waals surface area contributed by atoms with E-state index in [1.165, 1.54) is 6.07 Å². The van der Waals surface area contributed by atoms with Crippen LogP contribution in [-0.2, 0) is 4.74 Å². The third-order valence-corrected chi connectivity index (χ3v) is 4.76. The summed E-state index contributed by atoms with van der Waals surface area (Å²) < 4.78 is 19.5. The molecule has 1 aromatic carbocycles. The number of nitrogens with zero attached hydrogens (tertiary/aromatic N) is 1. The van der Waals surface area contributed by atoms with Crippen molar-refractivity contribution in [2.24, 2.45) is 5.41 Å². The Morgan fingerprint density at radius 1 is 1.36 bits per heavy atom. The molecule has 1 aliphatic rings. The molecule has 0 bridgehead atoms. The van der Waals surface area contributed by atoms with Crippen LogP contribution in [0.5, 0.6) is 0 Å². The molecule has 0 saturated carbocycles. The van der Waals surface area contributed by atoms with Gasteiger partial charge in [0.25, 0.3) is 5.91 Å². The lowest BCUT2D eigenvalue weighted by Gasteiger charge is -2.37. The first kappa shape index (κ1) is 17.6. The minimum atomic E-state index is -0.535. The highest BCUT2D eigenvalue weighted by Crippen LogP contribution is 2.28. The molecule has 1 fully saturated rings. The fourth-order valence-electron chi connectivity index (χ4n) is 3.28. The lowest BCUT2D eigenvalue weighted by atomic mass is 9.79. The van der Waals surface area contributed by atoms with Crippen LogP contribution in [-0.4, -0.2) is 49.5 Å². The quantitative estimate of drug-likeness (QED) is 0.747. The van der Waals surface area contributed by atoms with E-state index in [-0.39, 0.29) is 11.0 Å². The number of amides is 1. The number of nitrogens with one attached hydrogen (secondary N) is 3. The molecule has 3 N–H and O–H groups in total. The van der Waals surface area contributed by atoms with Crippen molar-refractivity contribution in [3.63, 3.8) is 0 Å². The summed E-state index contributed by atoms with van der Waals surface area (Å²) in [7, 11) is 1.67. The van der Waals surface area contributed by atoms with Crippen molar-refractivity contribution in [1.82, 2.24) is 20.8 Å². The van der Waals surface area contributed by atoms with Crippen LogP contribution in [0.4, 0.5) is 4.39 Å². The highest BCUT2D eigenvalue weighted by molar-refractivity contribution is 5.95. The monoisotopic (exact) mass is 346 g/mol. The number of H-pyrrole nitrogens is 1. The molecule has 2 aromatic rings. The van der Waals surface area contributed by atoms with E-state index in [1.807, 2.05) is 0 Å². The molecule has 0 radical (unpaired) electrons. The standard InChI is InChI=1S/C18H23FN4O2/c1-25-12-18(5-8-20-9-6-18)11-21-17(24)14-10-13(2-3-15(14)19)16-4-7-22-23-16/h2-4,7,10,20H,5-6,8-9,11-12H2,1H3,(H,21,24)(H,22,23). The summed E-state index contributed by atoms with van der Waals surface area (Å²) in [6.45, 7) is 2.83. The molecule has 6 nitrogen and oxygen atoms in total. The molecular formula is C18H23FN4O2. The number of aromatic amines is 1. The van der Waals surface area contributed by atoms with E-state index < -0.39 is 11.7 Å². The number of halogens is 1. The topological polar surface area (TPSA) is 79.0 Å². The van der Waals surface area contributed by atoms with Gasteiger partial charge in [0.15, 0.2) is 0 Å². The molecule has 1 amide bonds. The number of rotatable bonds is 6. The third-order valence-electron chi connectivity index (χ3n) is 4.76. The number of piperidine rings is 1. The van der Waals surface area contributed by atoms with E-state index in [0.29, 0.717) is 13.2 Å². The second-order valence-corrected chi connectivity index (χ2v) is 6.53. The van der Waals surface area contributed by atoms with E-state index in [4.69, 9.17) is 4.74 Å². The van der Waals surface area contributed by atoms with Crippen molar-refractivity contribution in [3.05, 3.63) is 41.8 Å². The van der Waals surface area contributed by atoms with Crippen LogP contribution < -0.4 is 10.6 Å². The predicted molar refractivity (Wildman–Crippen MR) is 92.7 cm³/mol. The van der Waals surface area contributed by atoms with Crippen molar-refractivity contribution in [2.45, 2.75) is 12.8 Å². The molecule has 0 unspecified atom stereocenters. The van der Waals surface area contributed by atoms with Gasteiger partial charge in [-0.25, -0.2) is 4.39 Å². The van der Waals surface area contributed by atoms with Crippen LogP contribution in [0.2, 0.25) is 0 Å². The highest BCUT2D eigenvalue weighted by Gasteiger charge is 2.32. The normalized spacial score (nSPS) is 16.6. The Bertz CT molecular complexity index is 706. The molecule has 25 heavy (non-hydrogen) atoms. The Morgan fingerprint density at radius 2 is 2.16 bits per heavy atom. The Morgan fingerprint density at radius 3 is 2.84 bits per heavy atom. The maximum Gasteiger partial charge on any atom is 0.254 e. The zero-order chi connectivity index (χ0) is 17.7. The number of carbonyl (C=O) groups is 1. The van der Waals surface area contributed by atoms with Crippen LogP contribution in [0.3, 0.4) is 0 Å². The van der Waals surface area contributed by atoms with Crippen molar-refractivity contribution in [3.8, 4) is 11.3 Å². The molecule has 0 spiro atoms. The molecule has 1 aliphatic heterocycles. The molecule has 1 saturated heterocycles. The zero-order valence-electron chi connectivity index (χ0n) is 14.3.